The molecule has 0 bridgehead atoms. The van der Waals surface area contributed by atoms with Crippen molar-refractivity contribution in [1.82, 2.24) is 24.9 Å². The van der Waals surface area contributed by atoms with E-state index in [1.807, 2.05) is 37.3 Å². The summed E-state index contributed by atoms with van der Waals surface area (Å²) in [5, 5.41) is 20.9. The van der Waals surface area contributed by atoms with Gasteiger partial charge in [-0.2, -0.15) is 10.4 Å². The molecule has 0 aliphatic heterocycles. The number of hydrogen-bond donors (Lipinski definition) is 2. The lowest BCUT2D eigenvalue weighted by Gasteiger charge is -2.29. The van der Waals surface area contributed by atoms with Crippen LogP contribution < -0.4 is 15.8 Å². The molecule has 0 atom stereocenters. The van der Waals surface area contributed by atoms with Crippen LogP contribution in [-0.2, 0) is 0 Å². The summed E-state index contributed by atoms with van der Waals surface area (Å²) in [7, 11) is 0. The maximum atomic E-state index is 13.0. The highest BCUT2D eigenvalue weighted by Gasteiger charge is 2.27. The molecule has 3 N–H and O–H groups in total. The monoisotopic (exact) mass is 509 g/mol. The van der Waals surface area contributed by atoms with Gasteiger partial charge in [0.25, 0.3) is 11.8 Å². The molecule has 4 aromatic rings. The Balaban J connectivity index is 1.19. The Morgan fingerprint density at radius 1 is 1.03 bits per heavy atom. The average Bonchev–Trinajstić information content (AvgIpc) is 3.54. The number of amides is 2. The Kier molecular flexibility index (Phi) is 6.91. The summed E-state index contributed by atoms with van der Waals surface area (Å²) in [4.78, 5) is 25.0. The minimum Gasteiger partial charge on any atom is -0.473 e. The van der Waals surface area contributed by atoms with Crippen LogP contribution in [0.5, 0.6) is 5.88 Å². The number of nitrogens with two attached hydrogens (primary N) is 1. The largest absolute Gasteiger partial charge is 0.473 e. The minimum atomic E-state index is -0.597. The highest BCUT2D eigenvalue weighted by Crippen LogP contribution is 2.27. The molecule has 2 aromatic carbocycles. The number of aromatic nitrogens is 4. The second-order valence-corrected chi connectivity index (χ2v) is 9.27. The molecule has 1 saturated carbocycles. The number of benzene rings is 2. The van der Waals surface area contributed by atoms with E-state index in [9.17, 15) is 9.59 Å². The van der Waals surface area contributed by atoms with E-state index < -0.39 is 5.91 Å². The van der Waals surface area contributed by atoms with Crippen molar-refractivity contribution < 1.29 is 14.3 Å². The molecule has 10 nitrogen and oxygen atoms in total. The van der Waals surface area contributed by atoms with Gasteiger partial charge in [0.2, 0.25) is 5.88 Å². The molecule has 0 radical (unpaired) electrons. The Morgan fingerprint density at radius 3 is 2.39 bits per heavy atom. The molecule has 0 unspecified atom stereocenters. The van der Waals surface area contributed by atoms with Crippen molar-refractivity contribution >= 4 is 11.8 Å². The zero-order valence-electron chi connectivity index (χ0n) is 20.9. The normalized spacial score (nSPS) is 16.9. The van der Waals surface area contributed by atoms with Crippen LogP contribution in [0.4, 0.5) is 0 Å². The van der Waals surface area contributed by atoms with Gasteiger partial charge in [-0.15, -0.1) is 5.10 Å². The molecular weight excluding hydrogens is 482 g/mol. The van der Waals surface area contributed by atoms with Gasteiger partial charge < -0.3 is 15.8 Å². The fraction of sp³-hybridized carbons (Fsp3) is 0.250. The van der Waals surface area contributed by atoms with Crippen LogP contribution in [0, 0.1) is 18.3 Å². The third-order valence-electron chi connectivity index (χ3n) is 6.75. The quantitative estimate of drug-likeness (QED) is 0.391. The Morgan fingerprint density at radius 2 is 1.74 bits per heavy atom. The van der Waals surface area contributed by atoms with Crippen molar-refractivity contribution in [3.63, 3.8) is 0 Å². The van der Waals surface area contributed by atoms with Crippen LogP contribution in [0.2, 0.25) is 0 Å². The first-order chi connectivity index (χ1) is 18.4. The van der Waals surface area contributed by atoms with E-state index in [-0.39, 0.29) is 29.5 Å². The van der Waals surface area contributed by atoms with Gasteiger partial charge in [-0.05, 0) is 69.0 Å². The lowest BCUT2D eigenvalue weighted by Crippen LogP contribution is -2.40. The minimum absolute atomic E-state index is 0.00232. The van der Waals surface area contributed by atoms with E-state index >= 15 is 0 Å². The number of nitrogens with one attached hydrogen (secondary N) is 1. The summed E-state index contributed by atoms with van der Waals surface area (Å²) in [6, 6.07) is 18.6. The molecule has 0 spiro atoms. The molecule has 1 aliphatic carbocycles. The summed E-state index contributed by atoms with van der Waals surface area (Å²) in [6.45, 7) is 1.84. The zero-order valence-corrected chi connectivity index (χ0v) is 20.9. The summed E-state index contributed by atoms with van der Waals surface area (Å²) in [6.07, 6.45) is 5.86. The summed E-state index contributed by atoms with van der Waals surface area (Å²) >= 11 is 0. The summed E-state index contributed by atoms with van der Waals surface area (Å²) in [5.74, 6) is -0.552. The van der Waals surface area contributed by atoms with Gasteiger partial charge >= 0.3 is 0 Å². The van der Waals surface area contributed by atoms with Crippen molar-refractivity contribution in [1.29, 1.82) is 5.26 Å². The van der Waals surface area contributed by atoms with Gasteiger partial charge in [-0.3, -0.25) is 9.59 Å². The number of carbonyl (C=O) groups excluding carboxylic acids is 2. The predicted molar refractivity (Wildman–Crippen MR) is 139 cm³/mol. The molecular formula is C28H27N7O3. The highest BCUT2D eigenvalue weighted by molar-refractivity contribution is 5.95. The van der Waals surface area contributed by atoms with Crippen molar-refractivity contribution in [3.05, 3.63) is 89.4 Å². The summed E-state index contributed by atoms with van der Waals surface area (Å²) in [5.41, 5.74) is 9.17. The molecule has 1 aliphatic rings. The Labute approximate surface area is 219 Å². The number of para-hydroxylation sites is 1. The molecule has 2 aromatic heterocycles. The number of nitrogens with zero attached hydrogens (tertiary/aromatic N) is 5. The number of primary amides is 1. The fourth-order valence-electron chi connectivity index (χ4n) is 4.64. The lowest BCUT2D eigenvalue weighted by molar-refractivity contribution is 0.0881. The Bertz CT molecular complexity index is 1490. The van der Waals surface area contributed by atoms with E-state index in [2.05, 4.69) is 21.6 Å². The second kappa shape index (κ2) is 10.6. The molecule has 2 amide bonds. The van der Waals surface area contributed by atoms with Crippen LogP contribution in [0.15, 0.2) is 67.0 Å². The van der Waals surface area contributed by atoms with Gasteiger partial charge in [-0.1, -0.05) is 18.2 Å². The van der Waals surface area contributed by atoms with Crippen molar-refractivity contribution in [2.45, 2.75) is 44.8 Å². The van der Waals surface area contributed by atoms with Crippen molar-refractivity contribution in [2.75, 3.05) is 0 Å². The number of hydrogen-bond acceptors (Lipinski definition) is 6. The first-order valence-corrected chi connectivity index (χ1v) is 12.4. The maximum absolute atomic E-state index is 13.0. The molecule has 10 heteroatoms. The van der Waals surface area contributed by atoms with Crippen LogP contribution in [0.1, 0.15) is 57.7 Å². The van der Waals surface area contributed by atoms with Gasteiger partial charge in [0, 0.05) is 12.2 Å². The number of carbonyl (C=O) groups is 2. The molecule has 1 fully saturated rings. The topological polar surface area (TPSA) is 141 Å². The second-order valence-electron chi connectivity index (χ2n) is 9.27. The third-order valence-corrected chi connectivity index (χ3v) is 6.75. The average molecular weight is 510 g/mol. The van der Waals surface area contributed by atoms with Gasteiger partial charge in [0.1, 0.15) is 11.7 Å². The smallest absolute Gasteiger partial charge is 0.255 e. The maximum Gasteiger partial charge on any atom is 0.255 e. The first kappa shape index (κ1) is 24.8. The van der Waals surface area contributed by atoms with Crippen LogP contribution in [0.25, 0.3) is 11.4 Å². The van der Waals surface area contributed by atoms with Crippen molar-refractivity contribution in [3.8, 4) is 23.3 Å². The van der Waals surface area contributed by atoms with E-state index in [4.69, 9.17) is 15.7 Å². The van der Waals surface area contributed by atoms with Gasteiger partial charge in [0.05, 0.1) is 40.5 Å². The zero-order chi connectivity index (χ0) is 26.6. The lowest BCUT2D eigenvalue weighted by atomic mass is 9.92. The van der Waals surface area contributed by atoms with E-state index in [0.717, 1.165) is 29.9 Å². The molecule has 2 heterocycles. The molecule has 5 rings (SSSR count). The van der Waals surface area contributed by atoms with Crippen LogP contribution >= 0.6 is 0 Å². The highest BCUT2D eigenvalue weighted by atomic mass is 16.5. The molecule has 0 saturated heterocycles. The van der Waals surface area contributed by atoms with Crippen LogP contribution in [-0.4, -0.2) is 43.5 Å². The summed E-state index contributed by atoms with van der Waals surface area (Å²) < 4.78 is 9.37. The van der Waals surface area contributed by atoms with Crippen LogP contribution in [0.3, 0.4) is 0 Å². The number of ether oxygens (including phenoxy) is 1. The SMILES string of the molecule is Cc1c(C(=O)NC2CCC(Oc3nn(-c4ccccc4)cc3C(N)=O)CC2)cnn1-c1ccc(C#N)cc1. The Hall–Kier alpha value is -4.91. The third kappa shape index (κ3) is 5.13. The number of rotatable bonds is 7. The van der Waals surface area contributed by atoms with E-state index in [1.54, 1.807) is 46.0 Å². The van der Waals surface area contributed by atoms with Gasteiger partial charge in [-0.25, -0.2) is 9.36 Å². The molecule has 192 valence electrons. The van der Waals surface area contributed by atoms with E-state index in [0.29, 0.717) is 24.0 Å². The fourth-order valence-corrected chi connectivity index (χ4v) is 4.64. The standard InChI is InChI=1S/C28H27N7O3/c1-18-24(16-31-35(18)22-11-7-19(15-29)8-12-22)27(37)32-20-9-13-23(14-10-20)38-28-25(26(30)36)17-34(33-28)21-5-3-2-4-6-21/h2-8,11-12,16-17,20,23H,9-10,13-14H2,1H3,(H2,30,36)(H,32,37). The van der Waals surface area contributed by atoms with Crippen molar-refractivity contribution in [2.24, 2.45) is 5.73 Å². The number of nitriles is 1. The molecule has 38 heavy (non-hydrogen) atoms. The predicted octanol–water partition coefficient (Wildman–Crippen LogP) is 3.46. The van der Waals surface area contributed by atoms with E-state index in [1.165, 1.54) is 0 Å². The first-order valence-electron chi connectivity index (χ1n) is 12.4. The van der Waals surface area contributed by atoms with Gasteiger partial charge in [0.15, 0.2) is 0 Å².